The lowest BCUT2D eigenvalue weighted by atomic mass is 10.1. The summed E-state index contributed by atoms with van der Waals surface area (Å²) in [5.41, 5.74) is 5.34. The van der Waals surface area contributed by atoms with Gasteiger partial charge >= 0.3 is 0 Å². The summed E-state index contributed by atoms with van der Waals surface area (Å²) >= 11 is 0. The van der Waals surface area contributed by atoms with E-state index in [0.717, 1.165) is 6.42 Å². The van der Waals surface area contributed by atoms with Crippen molar-refractivity contribution in [2.75, 3.05) is 25.5 Å². The summed E-state index contributed by atoms with van der Waals surface area (Å²) in [5.74, 6) is 0.352. The second kappa shape index (κ2) is 8.85. The Morgan fingerprint density at radius 1 is 1.29 bits per heavy atom. The van der Waals surface area contributed by atoms with E-state index in [1.807, 2.05) is 20.8 Å². The minimum absolute atomic E-state index is 0.138. The molecule has 0 rings (SSSR count). The van der Waals surface area contributed by atoms with Gasteiger partial charge in [0.2, 0.25) is 10.0 Å². The molecule has 0 saturated heterocycles. The Bertz CT molecular complexity index is 278. The van der Waals surface area contributed by atoms with Crippen molar-refractivity contribution in [1.82, 2.24) is 4.72 Å². The third kappa shape index (κ3) is 8.54. The van der Waals surface area contributed by atoms with Gasteiger partial charge in [0, 0.05) is 12.6 Å². The number of sulfonamides is 1. The van der Waals surface area contributed by atoms with E-state index in [-0.39, 0.29) is 17.7 Å². The minimum Gasteiger partial charge on any atom is -0.380 e. The summed E-state index contributed by atoms with van der Waals surface area (Å²) in [4.78, 5) is 0. The molecule has 104 valence electrons. The molecule has 0 aliphatic carbocycles. The van der Waals surface area contributed by atoms with Crippen LogP contribution >= 0.6 is 0 Å². The summed E-state index contributed by atoms with van der Waals surface area (Å²) in [6.45, 7) is 7.40. The average molecular weight is 266 g/mol. The molecule has 5 nitrogen and oxygen atoms in total. The van der Waals surface area contributed by atoms with Gasteiger partial charge in [-0.1, -0.05) is 13.8 Å². The number of rotatable bonds is 10. The zero-order valence-corrected chi connectivity index (χ0v) is 11.9. The maximum atomic E-state index is 11.8. The molecule has 17 heavy (non-hydrogen) atoms. The van der Waals surface area contributed by atoms with Gasteiger partial charge in [-0.3, -0.25) is 0 Å². The maximum absolute atomic E-state index is 11.8. The van der Waals surface area contributed by atoms with E-state index < -0.39 is 10.0 Å². The largest absolute Gasteiger partial charge is 0.380 e. The molecule has 1 unspecified atom stereocenters. The van der Waals surface area contributed by atoms with Crippen LogP contribution < -0.4 is 10.5 Å². The van der Waals surface area contributed by atoms with Crippen LogP contribution in [0.25, 0.3) is 0 Å². The first-order valence-corrected chi connectivity index (χ1v) is 7.86. The van der Waals surface area contributed by atoms with Gasteiger partial charge in [-0.2, -0.15) is 0 Å². The molecule has 0 aromatic heterocycles. The van der Waals surface area contributed by atoms with Gasteiger partial charge < -0.3 is 10.5 Å². The second-order valence-electron chi connectivity index (χ2n) is 4.44. The van der Waals surface area contributed by atoms with Gasteiger partial charge in [-0.05, 0) is 32.2 Å². The maximum Gasteiger partial charge on any atom is 0.211 e. The molecule has 0 fully saturated rings. The normalized spacial score (nSPS) is 14.2. The van der Waals surface area contributed by atoms with Crippen LogP contribution in [-0.2, 0) is 14.8 Å². The van der Waals surface area contributed by atoms with Crippen LogP contribution in [0.2, 0.25) is 0 Å². The summed E-state index contributed by atoms with van der Waals surface area (Å²) in [6.07, 6.45) is 1.34. The molecule has 0 aromatic carbocycles. The SMILES string of the molecule is CCOCC(NS(=O)(=O)CCCCN)C(C)C. The monoisotopic (exact) mass is 266 g/mol. The fourth-order valence-electron chi connectivity index (χ4n) is 1.33. The van der Waals surface area contributed by atoms with Crippen LogP contribution in [-0.4, -0.2) is 40.0 Å². The van der Waals surface area contributed by atoms with E-state index >= 15 is 0 Å². The van der Waals surface area contributed by atoms with Crippen molar-refractivity contribution < 1.29 is 13.2 Å². The van der Waals surface area contributed by atoms with E-state index in [1.165, 1.54) is 0 Å². The molecule has 0 aromatic rings. The third-order valence-corrected chi connectivity index (χ3v) is 3.99. The first-order chi connectivity index (χ1) is 7.93. The highest BCUT2D eigenvalue weighted by Crippen LogP contribution is 2.05. The Kier molecular flexibility index (Phi) is 8.77. The Balaban J connectivity index is 4.22. The van der Waals surface area contributed by atoms with E-state index in [9.17, 15) is 8.42 Å². The van der Waals surface area contributed by atoms with Crippen molar-refractivity contribution in [2.24, 2.45) is 11.7 Å². The lowest BCUT2D eigenvalue weighted by Gasteiger charge is -2.21. The predicted molar refractivity (Wildman–Crippen MR) is 70.3 cm³/mol. The summed E-state index contributed by atoms with van der Waals surface area (Å²) in [5, 5.41) is 0. The van der Waals surface area contributed by atoms with Crippen molar-refractivity contribution >= 4 is 10.0 Å². The number of hydrogen-bond acceptors (Lipinski definition) is 4. The molecule has 0 heterocycles. The van der Waals surface area contributed by atoms with Crippen LogP contribution in [0, 0.1) is 5.92 Å². The highest BCUT2D eigenvalue weighted by atomic mass is 32.2. The molecular formula is C11H26N2O3S. The van der Waals surface area contributed by atoms with E-state index in [2.05, 4.69) is 4.72 Å². The molecule has 0 radical (unpaired) electrons. The van der Waals surface area contributed by atoms with Gasteiger partial charge in [-0.15, -0.1) is 0 Å². The van der Waals surface area contributed by atoms with Crippen molar-refractivity contribution in [1.29, 1.82) is 0 Å². The molecule has 0 bridgehead atoms. The van der Waals surface area contributed by atoms with Gasteiger partial charge in [0.05, 0.1) is 12.4 Å². The molecule has 0 saturated carbocycles. The van der Waals surface area contributed by atoms with Crippen LogP contribution in [0.15, 0.2) is 0 Å². The molecule has 0 amide bonds. The molecule has 1 atom stereocenters. The van der Waals surface area contributed by atoms with Crippen molar-refractivity contribution in [3.05, 3.63) is 0 Å². The van der Waals surface area contributed by atoms with Crippen molar-refractivity contribution in [2.45, 2.75) is 39.7 Å². The predicted octanol–water partition coefficient (Wildman–Crippen LogP) is 0.706. The van der Waals surface area contributed by atoms with E-state index in [0.29, 0.717) is 26.2 Å². The molecular weight excluding hydrogens is 240 g/mol. The number of nitrogens with one attached hydrogen (secondary N) is 1. The minimum atomic E-state index is -3.21. The van der Waals surface area contributed by atoms with Crippen LogP contribution in [0.3, 0.4) is 0 Å². The van der Waals surface area contributed by atoms with Crippen molar-refractivity contribution in [3.63, 3.8) is 0 Å². The van der Waals surface area contributed by atoms with Crippen molar-refractivity contribution in [3.8, 4) is 0 Å². The van der Waals surface area contributed by atoms with E-state index in [1.54, 1.807) is 0 Å². The summed E-state index contributed by atoms with van der Waals surface area (Å²) < 4.78 is 31.5. The van der Waals surface area contributed by atoms with Crippen LogP contribution in [0.1, 0.15) is 33.6 Å². The average Bonchev–Trinajstić information content (AvgIpc) is 2.24. The highest BCUT2D eigenvalue weighted by Gasteiger charge is 2.20. The van der Waals surface area contributed by atoms with Gasteiger partial charge in [0.1, 0.15) is 0 Å². The lowest BCUT2D eigenvalue weighted by molar-refractivity contribution is 0.116. The fourth-order valence-corrected chi connectivity index (χ4v) is 2.84. The number of ether oxygens (including phenoxy) is 1. The van der Waals surface area contributed by atoms with E-state index in [4.69, 9.17) is 10.5 Å². The molecule has 6 heteroatoms. The van der Waals surface area contributed by atoms with Gasteiger partial charge in [0.25, 0.3) is 0 Å². The molecule has 0 aliphatic heterocycles. The number of hydrogen-bond donors (Lipinski definition) is 2. The zero-order chi connectivity index (χ0) is 13.3. The van der Waals surface area contributed by atoms with Crippen LogP contribution in [0.4, 0.5) is 0 Å². The Hall–Kier alpha value is -0.170. The quantitative estimate of drug-likeness (QED) is 0.570. The second-order valence-corrected chi connectivity index (χ2v) is 6.32. The number of unbranched alkanes of at least 4 members (excludes halogenated alkanes) is 1. The first-order valence-electron chi connectivity index (χ1n) is 6.20. The Labute approximate surface area is 105 Å². The fraction of sp³-hybridized carbons (Fsp3) is 1.00. The van der Waals surface area contributed by atoms with Gasteiger partial charge in [-0.25, -0.2) is 13.1 Å². The summed E-state index contributed by atoms with van der Waals surface area (Å²) in [6, 6.07) is -0.155. The van der Waals surface area contributed by atoms with Crippen LogP contribution in [0.5, 0.6) is 0 Å². The Morgan fingerprint density at radius 3 is 2.41 bits per heavy atom. The smallest absolute Gasteiger partial charge is 0.211 e. The molecule has 3 N–H and O–H groups in total. The lowest BCUT2D eigenvalue weighted by Crippen LogP contribution is -2.42. The molecule has 0 spiro atoms. The highest BCUT2D eigenvalue weighted by molar-refractivity contribution is 7.89. The summed E-state index contributed by atoms with van der Waals surface area (Å²) in [7, 11) is -3.21. The first kappa shape index (κ1) is 16.8. The number of nitrogens with two attached hydrogens (primary N) is 1. The third-order valence-electron chi connectivity index (χ3n) is 2.50. The Morgan fingerprint density at radius 2 is 1.94 bits per heavy atom. The molecule has 0 aliphatic rings. The standard InChI is InChI=1S/C11H26N2O3S/c1-4-16-9-11(10(2)3)13-17(14,15)8-6-5-7-12/h10-11,13H,4-9,12H2,1-3H3. The zero-order valence-electron chi connectivity index (χ0n) is 11.1. The van der Waals surface area contributed by atoms with Gasteiger partial charge in [0.15, 0.2) is 0 Å². The topological polar surface area (TPSA) is 81.4 Å².